The Bertz CT molecular complexity index is 810. The number of amides is 1. The SMILES string of the molecule is COc1ccc(-c2[nH]ncc2C(=O)NCCCc2ccccc2)cc1. The molecule has 0 aliphatic carbocycles. The van der Waals surface area contributed by atoms with Gasteiger partial charge in [0, 0.05) is 12.1 Å². The largest absolute Gasteiger partial charge is 0.497 e. The zero-order chi connectivity index (χ0) is 17.5. The maximum absolute atomic E-state index is 12.4. The van der Waals surface area contributed by atoms with Crippen LogP contribution in [-0.4, -0.2) is 29.8 Å². The molecule has 1 amide bonds. The summed E-state index contributed by atoms with van der Waals surface area (Å²) in [6.45, 7) is 0.626. The Morgan fingerprint density at radius 3 is 2.60 bits per heavy atom. The number of nitrogens with one attached hydrogen (secondary N) is 2. The molecule has 0 saturated carbocycles. The highest BCUT2D eigenvalue weighted by Crippen LogP contribution is 2.23. The van der Waals surface area contributed by atoms with Crippen LogP contribution >= 0.6 is 0 Å². The molecule has 1 heterocycles. The van der Waals surface area contributed by atoms with Crippen molar-refractivity contribution >= 4 is 5.91 Å². The zero-order valence-corrected chi connectivity index (χ0v) is 14.2. The minimum absolute atomic E-state index is 0.118. The first-order chi connectivity index (χ1) is 12.3. The average Bonchev–Trinajstić information content (AvgIpc) is 3.16. The summed E-state index contributed by atoms with van der Waals surface area (Å²) in [6.07, 6.45) is 3.40. The van der Waals surface area contributed by atoms with Crippen molar-refractivity contribution in [2.45, 2.75) is 12.8 Å². The van der Waals surface area contributed by atoms with E-state index >= 15 is 0 Å². The Hall–Kier alpha value is -3.08. The second-order valence-electron chi connectivity index (χ2n) is 5.73. The van der Waals surface area contributed by atoms with Gasteiger partial charge in [0.2, 0.25) is 0 Å². The molecule has 1 aromatic heterocycles. The monoisotopic (exact) mass is 335 g/mol. The number of aromatic nitrogens is 2. The maximum atomic E-state index is 12.4. The van der Waals surface area contributed by atoms with Gasteiger partial charge in [0.15, 0.2) is 0 Å². The lowest BCUT2D eigenvalue weighted by molar-refractivity contribution is 0.0954. The van der Waals surface area contributed by atoms with Crippen LogP contribution in [0.4, 0.5) is 0 Å². The van der Waals surface area contributed by atoms with Crippen LogP contribution in [0.3, 0.4) is 0 Å². The Balaban J connectivity index is 1.58. The lowest BCUT2D eigenvalue weighted by Crippen LogP contribution is -2.24. The van der Waals surface area contributed by atoms with Crippen molar-refractivity contribution < 1.29 is 9.53 Å². The molecule has 0 aliphatic heterocycles. The number of aromatic amines is 1. The molecule has 0 radical (unpaired) electrons. The van der Waals surface area contributed by atoms with Crippen molar-refractivity contribution in [3.05, 3.63) is 71.9 Å². The number of H-pyrrole nitrogens is 1. The van der Waals surface area contributed by atoms with E-state index in [1.807, 2.05) is 42.5 Å². The van der Waals surface area contributed by atoms with Crippen molar-refractivity contribution in [3.8, 4) is 17.0 Å². The molecule has 0 fully saturated rings. The third kappa shape index (κ3) is 4.26. The minimum Gasteiger partial charge on any atom is -0.497 e. The highest BCUT2D eigenvalue weighted by atomic mass is 16.5. The molecule has 0 aliphatic rings. The number of carbonyl (C=O) groups is 1. The highest BCUT2D eigenvalue weighted by Gasteiger charge is 2.14. The summed E-state index contributed by atoms with van der Waals surface area (Å²) in [5.41, 5.74) is 3.43. The van der Waals surface area contributed by atoms with Gasteiger partial charge in [-0.05, 0) is 42.7 Å². The van der Waals surface area contributed by atoms with Crippen LogP contribution in [0.25, 0.3) is 11.3 Å². The molecule has 0 saturated heterocycles. The number of methoxy groups -OCH3 is 1. The number of benzene rings is 2. The highest BCUT2D eigenvalue weighted by molar-refractivity contribution is 5.99. The van der Waals surface area contributed by atoms with Gasteiger partial charge in [-0.15, -0.1) is 0 Å². The van der Waals surface area contributed by atoms with E-state index in [2.05, 4.69) is 27.6 Å². The van der Waals surface area contributed by atoms with E-state index < -0.39 is 0 Å². The number of hydrogen-bond donors (Lipinski definition) is 2. The predicted molar refractivity (Wildman–Crippen MR) is 97.7 cm³/mol. The molecule has 5 heteroatoms. The number of hydrogen-bond acceptors (Lipinski definition) is 3. The molecular formula is C20H21N3O2. The second-order valence-corrected chi connectivity index (χ2v) is 5.73. The van der Waals surface area contributed by atoms with Crippen LogP contribution in [0.15, 0.2) is 60.8 Å². The van der Waals surface area contributed by atoms with Gasteiger partial charge in [-0.25, -0.2) is 0 Å². The fourth-order valence-corrected chi connectivity index (χ4v) is 2.67. The van der Waals surface area contributed by atoms with Crippen LogP contribution in [0.1, 0.15) is 22.3 Å². The summed E-state index contributed by atoms with van der Waals surface area (Å²) in [5, 5.41) is 9.89. The van der Waals surface area contributed by atoms with E-state index in [1.165, 1.54) is 5.56 Å². The standard InChI is InChI=1S/C20H21N3O2/c1-25-17-11-9-16(10-12-17)19-18(14-22-23-19)20(24)21-13-5-8-15-6-3-2-4-7-15/h2-4,6-7,9-12,14H,5,8,13H2,1H3,(H,21,24)(H,22,23). The van der Waals surface area contributed by atoms with Gasteiger partial charge in [-0.1, -0.05) is 30.3 Å². The molecule has 3 aromatic rings. The number of carbonyl (C=O) groups excluding carboxylic acids is 1. The molecule has 0 bridgehead atoms. The fourth-order valence-electron chi connectivity index (χ4n) is 2.67. The fraction of sp³-hybridized carbons (Fsp3) is 0.200. The lowest BCUT2D eigenvalue weighted by Gasteiger charge is -2.07. The van der Waals surface area contributed by atoms with Crippen LogP contribution in [0.5, 0.6) is 5.75 Å². The molecule has 2 aromatic carbocycles. The first kappa shape index (κ1) is 16.8. The third-order valence-corrected chi connectivity index (χ3v) is 4.03. The van der Waals surface area contributed by atoms with Gasteiger partial charge in [-0.2, -0.15) is 5.10 Å². The van der Waals surface area contributed by atoms with Crippen LogP contribution in [0.2, 0.25) is 0 Å². The normalized spacial score (nSPS) is 10.4. The van der Waals surface area contributed by atoms with Gasteiger partial charge in [0.1, 0.15) is 5.75 Å². The quantitative estimate of drug-likeness (QED) is 0.650. The van der Waals surface area contributed by atoms with E-state index in [-0.39, 0.29) is 5.91 Å². The summed E-state index contributed by atoms with van der Waals surface area (Å²) in [4.78, 5) is 12.4. The molecule has 128 valence electrons. The van der Waals surface area contributed by atoms with E-state index in [0.717, 1.165) is 24.2 Å². The van der Waals surface area contributed by atoms with Crippen LogP contribution in [-0.2, 0) is 6.42 Å². The van der Waals surface area contributed by atoms with Gasteiger partial charge in [0.05, 0.1) is 24.6 Å². The Labute approximate surface area is 147 Å². The van der Waals surface area contributed by atoms with Crippen molar-refractivity contribution in [1.29, 1.82) is 0 Å². The van der Waals surface area contributed by atoms with Crippen molar-refractivity contribution in [1.82, 2.24) is 15.5 Å². The van der Waals surface area contributed by atoms with Crippen LogP contribution < -0.4 is 10.1 Å². The molecule has 25 heavy (non-hydrogen) atoms. The summed E-state index contributed by atoms with van der Waals surface area (Å²) < 4.78 is 5.16. The van der Waals surface area contributed by atoms with E-state index in [4.69, 9.17) is 4.74 Å². The maximum Gasteiger partial charge on any atom is 0.255 e. The van der Waals surface area contributed by atoms with Gasteiger partial charge >= 0.3 is 0 Å². The molecule has 2 N–H and O–H groups in total. The van der Waals surface area contributed by atoms with Crippen LogP contribution in [0, 0.1) is 0 Å². The first-order valence-electron chi connectivity index (χ1n) is 8.28. The molecule has 0 unspecified atom stereocenters. The van der Waals surface area contributed by atoms with E-state index in [0.29, 0.717) is 17.8 Å². The second kappa shape index (κ2) is 8.15. The summed E-state index contributed by atoms with van der Waals surface area (Å²) in [7, 11) is 1.62. The number of nitrogens with zero attached hydrogens (tertiary/aromatic N) is 1. The minimum atomic E-state index is -0.118. The topological polar surface area (TPSA) is 67.0 Å². The third-order valence-electron chi connectivity index (χ3n) is 4.03. The first-order valence-corrected chi connectivity index (χ1v) is 8.28. The molecule has 5 nitrogen and oxygen atoms in total. The van der Waals surface area contributed by atoms with Gasteiger partial charge < -0.3 is 10.1 Å². The molecular weight excluding hydrogens is 314 g/mol. The lowest BCUT2D eigenvalue weighted by atomic mass is 10.1. The Morgan fingerprint density at radius 1 is 1.12 bits per heavy atom. The van der Waals surface area contributed by atoms with Gasteiger partial charge in [-0.3, -0.25) is 9.89 Å². The number of rotatable bonds is 7. The average molecular weight is 335 g/mol. The smallest absolute Gasteiger partial charge is 0.255 e. The molecule has 0 atom stereocenters. The van der Waals surface area contributed by atoms with E-state index in [1.54, 1.807) is 13.3 Å². The molecule has 3 rings (SSSR count). The summed E-state index contributed by atoms with van der Waals surface area (Å²) in [6, 6.07) is 17.8. The number of aryl methyl sites for hydroxylation is 1. The van der Waals surface area contributed by atoms with Crippen molar-refractivity contribution in [2.24, 2.45) is 0 Å². The Morgan fingerprint density at radius 2 is 1.88 bits per heavy atom. The summed E-state index contributed by atoms with van der Waals surface area (Å²) >= 11 is 0. The predicted octanol–water partition coefficient (Wildman–Crippen LogP) is 3.45. The van der Waals surface area contributed by atoms with Gasteiger partial charge in [0.25, 0.3) is 5.91 Å². The number of ether oxygens (including phenoxy) is 1. The molecule has 0 spiro atoms. The van der Waals surface area contributed by atoms with Crippen molar-refractivity contribution in [3.63, 3.8) is 0 Å². The Kier molecular flexibility index (Phi) is 5.46. The van der Waals surface area contributed by atoms with Crippen molar-refractivity contribution in [2.75, 3.05) is 13.7 Å². The zero-order valence-electron chi connectivity index (χ0n) is 14.2. The van der Waals surface area contributed by atoms with E-state index in [9.17, 15) is 4.79 Å². The summed E-state index contributed by atoms with van der Waals surface area (Å²) in [5.74, 6) is 0.655.